The molecule has 1 N–H and O–H groups in total. The van der Waals surface area contributed by atoms with Crippen molar-refractivity contribution in [2.45, 2.75) is 6.04 Å². The lowest BCUT2D eigenvalue weighted by atomic mass is 10.1. The van der Waals surface area contributed by atoms with Crippen LogP contribution in [0.4, 0.5) is 4.39 Å². The van der Waals surface area contributed by atoms with Crippen molar-refractivity contribution < 1.29 is 19.0 Å². The topological polar surface area (TPSA) is 53.0 Å². The molecule has 2 atom stereocenters. The largest absolute Gasteiger partial charge is 0.508 e. The van der Waals surface area contributed by atoms with Gasteiger partial charge in [0.2, 0.25) is 0 Å². The lowest BCUT2D eigenvalue weighted by molar-refractivity contribution is 0.0481. The molecule has 1 aromatic carbocycles. The highest BCUT2D eigenvalue weighted by molar-refractivity contribution is 5.95. The van der Waals surface area contributed by atoms with Gasteiger partial charge in [0.25, 0.3) is 5.91 Å². The van der Waals surface area contributed by atoms with E-state index in [9.17, 15) is 14.3 Å². The van der Waals surface area contributed by atoms with E-state index in [1.807, 2.05) is 7.05 Å². The van der Waals surface area contributed by atoms with Gasteiger partial charge in [-0.2, -0.15) is 0 Å². The average Bonchev–Trinajstić information content (AvgIpc) is 2.68. The van der Waals surface area contributed by atoms with Gasteiger partial charge < -0.3 is 19.6 Å². The minimum atomic E-state index is -0.687. The zero-order valence-corrected chi connectivity index (χ0v) is 12.0. The van der Waals surface area contributed by atoms with E-state index in [0.717, 1.165) is 19.2 Å². The Bertz CT molecular complexity index is 552. The van der Waals surface area contributed by atoms with Crippen LogP contribution in [-0.4, -0.2) is 66.8 Å². The molecule has 2 bridgehead atoms. The zero-order valence-electron chi connectivity index (χ0n) is 12.0. The van der Waals surface area contributed by atoms with E-state index in [-0.39, 0.29) is 29.2 Å². The molecule has 3 rings (SSSR count). The zero-order chi connectivity index (χ0) is 15.0. The van der Waals surface area contributed by atoms with Gasteiger partial charge in [-0.25, -0.2) is 4.39 Å². The molecule has 6 heteroatoms. The molecule has 1 aromatic rings. The molecule has 2 fully saturated rings. The molecule has 5 nitrogen and oxygen atoms in total. The van der Waals surface area contributed by atoms with Crippen molar-refractivity contribution in [1.29, 1.82) is 0 Å². The van der Waals surface area contributed by atoms with Crippen molar-refractivity contribution in [3.8, 4) is 5.75 Å². The Hall–Kier alpha value is -1.66. The summed E-state index contributed by atoms with van der Waals surface area (Å²) in [5.74, 6) is -0.954. The van der Waals surface area contributed by atoms with Gasteiger partial charge in [0.15, 0.2) is 0 Å². The van der Waals surface area contributed by atoms with Gasteiger partial charge in [-0.05, 0) is 19.2 Å². The first-order valence-electron chi connectivity index (χ1n) is 7.10. The van der Waals surface area contributed by atoms with E-state index in [4.69, 9.17) is 4.74 Å². The number of phenols is 1. The number of phenolic OH excluding ortho intramolecular Hbond substituents is 1. The number of amides is 1. The molecule has 0 aliphatic carbocycles. The lowest BCUT2D eigenvalue weighted by Gasteiger charge is -2.29. The van der Waals surface area contributed by atoms with Crippen LogP contribution in [0.3, 0.4) is 0 Å². The van der Waals surface area contributed by atoms with E-state index >= 15 is 0 Å². The molecule has 0 radical (unpaired) electrons. The minimum Gasteiger partial charge on any atom is -0.508 e. The maximum absolute atomic E-state index is 13.9. The molecule has 114 valence electrons. The second-order valence-corrected chi connectivity index (χ2v) is 5.90. The van der Waals surface area contributed by atoms with Gasteiger partial charge in [-0.1, -0.05) is 0 Å². The molecule has 21 heavy (non-hydrogen) atoms. The summed E-state index contributed by atoms with van der Waals surface area (Å²) in [6.07, 6.45) is 0. The third-order valence-corrected chi connectivity index (χ3v) is 4.10. The first-order valence-corrected chi connectivity index (χ1v) is 7.10. The summed E-state index contributed by atoms with van der Waals surface area (Å²) >= 11 is 0. The maximum Gasteiger partial charge on any atom is 0.257 e. The van der Waals surface area contributed by atoms with Gasteiger partial charge in [0, 0.05) is 31.6 Å². The van der Waals surface area contributed by atoms with E-state index in [1.165, 1.54) is 12.1 Å². The number of halogens is 1. The highest BCUT2D eigenvalue weighted by Crippen LogP contribution is 2.23. The number of rotatable bonds is 1. The smallest absolute Gasteiger partial charge is 0.257 e. The standard InChI is InChI=1S/C15H19FN2O3/c1-17-5-10-6-18(11(7-17)9-21-8-10)15(20)13-3-2-12(19)4-14(13)16/h2-4,10-11,19H,5-9H2,1H3/t10-,11-/m0/s1. The van der Waals surface area contributed by atoms with Crippen LogP contribution < -0.4 is 0 Å². The summed E-state index contributed by atoms with van der Waals surface area (Å²) in [5, 5.41) is 9.27. The molecule has 2 saturated heterocycles. The summed E-state index contributed by atoms with van der Waals surface area (Å²) < 4.78 is 19.5. The van der Waals surface area contributed by atoms with Crippen molar-refractivity contribution in [2.24, 2.45) is 5.92 Å². The summed E-state index contributed by atoms with van der Waals surface area (Å²) in [6.45, 7) is 3.28. The Kier molecular flexibility index (Phi) is 3.82. The number of aromatic hydroxyl groups is 1. The van der Waals surface area contributed by atoms with Crippen LogP contribution in [-0.2, 0) is 4.74 Å². The predicted octanol–water partition coefficient (Wildman–Crippen LogP) is 0.934. The Morgan fingerprint density at radius 3 is 2.90 bits per heavy atom. The maximum atomic E-state index is 13.9. The van der Waals surface area contributed by atoms with Crippen LogP contribution in [0.1, 0.15) is 10.4 Å². The van der Waals surface area contributed by atoms with Crippen molar-refractivity contribution in [2.75, 3.05) is 39.9 Å². The Balaban J connectivity index is 1.89. The van der Waals surface area contributed by atoms with E-state index in [0.29, 0.717) is 19.8 Å². The quantitative estimate of drug-likeness (QED) is 0.837. The number of hydrogen-bond donors (Lipinski definition) is 1. The normalized spacial score (nSPS) is 26.5. The number of carbonyl (C=O) groups excluding carboxylic acids is 1. The molecule has 2 heterocycles. The first-order chi connectivity index (χ1) is 10.0. The minimum absolute atomic E-state index is 0.00278. The molecule has 2 aliphatic rings. The third-order valence-electron chi connectivity index (χ3n) is 4.10. The molecule has 0 aromatic heterocycles. The first kappa shape index (κ1) is 14.3. The molecule has 0 unspecified atom stereocenters. The summed E-state index contributed by atoms with van der Waals surface area (Å²) in [4.78, 5) is 16.6. The van der Waals surface area contributed by atoms with Crippen LogP contribution in [0.15, 0.2) is 18.2 Å². The second kappa shape index (κ2) is 5.61. The lowest BCUT2D eigenvalue weighted by Crippen LogP contribution is -2.46. The molecule has 1 amide bonds. The van der Waals surface area contributed by atoms with Crippen LogP contribution in [0.25, 0.3) is 0 Å². The van der Waals surface area contributed by atoms with Crippen LogP contribution in [0.2, 0.25) is 0 Å². The number of benzene rings is 1. The Morgan fingerprint density at radius 2 is 2.14 bits per heavy atom. The summed E-state index contributed by atoms with van der Waals surface area (Å²) in [7, 11) is 2.03. The molecule has 2 aliphatic heterocycles. The second-order valence-electron chi connectivity index (χ2n) is 5.90. The highest BCUT2D eigenvalue weighted by atomic mass is 19.1. The van der Waals surface area contributed by atoms with Crippen molar-refractivity contribution in [1.82, 2.24) is 9.80 Å². The fourth-order valence-corrected chi connectivity index (χ4v) is 3.16. The van der Waals surface area contributed by atoms with Crippen LogP contribution in [0.5, 0.6) is 5.75 Å². The molecular formula is C15H19FN2O3. The number of nitrogens with zero attached hydrogens (tertiary/aromatic N) is 2. The van der Waals surface area contributed by atoms with Crippen LogP contribution in [0, 0.1) is 11.7 Å². The van der Waals surface area contributed by atoms with E-state index in [1.54, 1.807) is 4.90 Å². The average molecular weight is 294 g/mol. The van der Waals surface area contributed by atoms with Crippen LogP contribution >= 0.6 is 0 Å². The van der Waals surface area contributed by atoms with Crippen molar-refractivity contribution in [3.63, 3.8) is 0 Å². The van der Waals surface area contributed by atoms with Gasteiger partial charge in [-0.15, -0.1) is 0 Å². The van der Waals surface area contributed by atoms with E-state index in [2.05, 4.69) is 4.90 Å². The fraction of sp³-hybridized carbons (Fsp3) is 0.533. The molecular weight excluding hydrogens is 275 g/mol. The fourth-order valence-electron chi connectivity index (χ4n) is 3.16. The van der Waals surface area contributed by atoms with E-state index < -0.39 is 5.82 Å². The summed E-state index contributed by atoms with van der Waals surface area (Å²) in [5.41, 5.74) is 0.00278. The number of hydrogen-bond acceptors (Lipinski definition) is 4. The highest BCUT2D eigenvalue weighted by Gasteiger charge is 2.35. The van der Waals surface area contributed by atoms with Gasteiger partial charge in [0.05, 0.1) is 24.8 Å². The molecule has 0 saturated carbocycles. The Morgan fingerprint density at radius 1 is 1.33 bits per heavy atom. The van der Waals surface area contributed by atoms with Crippen molar-refractivity contribution >= 4 is 5.91 Å². The predicted molar refractivity (Wildman–Crippen MR) is 74.7 cm³/mol. The van der Waals surface area contributed by atoms with Gasteiger partial charge in [0.1, 0.15) is 11.6 Å². The summed E-state index contributed by atoms with van der Waals surface area (Å²) in [6, 6.07) is 3.58. The monoisotopic (exact) mass is 294 g/mol. The number of ether oxygens (including phenoxy) is 1. The number of carbonyl (C=O) groups is 1. The van der Waals surface area contributed by atoms with Crippen molar-refractivity contribution in [3.05, 3.63) is 29.6 Å². The molecule has 0 spiro atoms. The van der Waals surface area contributed by atoms with Gasteiger partial charge in [-0.3, -0.25) is 4.79 Å². The number of likely N-dealkylation sites (N-methyl/N-ethyl adjacent to an activating group) is 1. The Labute approximate surface area is 122 Å². The number of fused-ring (bicyclic) bond motifs is 3. The third kappa shape index (κ3) is 2.87. The van der Waals surface area contributed by atoms with Gasteiger partial charge >= 0.3 is 0 Å². The SMILES string of the molecule is CN1C[C@@H]2COC[C@H](C1)N(C(=O)c1ccc(O)cc1F)C2.